The zero-order valence-electron chi connectivity index (χ0n) is 11.4. The second-order valence-electron chi connectivity index (χ2n) is 4.60. The van der Waals surface area contributed by atoms with Crippen LogP contribution in [-0.4, -0.2) is 57.1 Å². The summed E-state index contributed by atoms with van der Waals surface area (Å²) in [6.45, 7) is 1.78. The van der Waals surface area contributed by atoms with Gasteiger partial charge in [-0.25, -0.2) is 8.42 Å². The predicted molar refractivity (Wildman–Crippen MR) is 79.4 cm³/mol. The average molecular weight is 328 g/mol. The summed E-state index contributed by atoms with van der Waals surface area (Å²) in [5.74, 6) is -0.398. The Morgan fingerprint density at radius 3 is 2.45 bits per heavy atom. The molecule has 0 bridgehead atoms. The Hall–Kier alpha value is -1.06. The molecule has 118 valence electrons. The van der Waals surface area contributed by atoms with E-state index in [4.69, 9.17) is 11.1 Å². The normalized spacial score (nSPS) is 16.2. The van der Waals surface area contributed by atoms with Gasteiger partial charge in [0.2, 0.25) is 21.9 Å². The van der Waals surface area contributed by atoms with E-state index in [2.05, 4.69) is 5.32 Å². The quantitative estimate of drug-likeness (QED) is 0.373. The number of rotatable bonds is 5. The van der Waals surface area contributed by atoms with Gasteiger partial charge in [-0.3, -0.25) is 14.9 Å². The molecule has 1 amide bonds. The fourth-order valence-electron chi connectivity index (χ4n) is 1.87. The van der Waals surface area contributed by atoms with Crippen LogP contribution in [0.1, 0.15) is 19.3 Å². The first kappa shape index (κ1) is 18.9. The fourth-order valence-corrected chi connectivity index (χ4v) is 2.31. The molecule has 0 unspecified atom stereocenters. The van der Waals surface area contributed by atoms with Crippen LogP contribution in [0.15, 0.2) is 0 Å². The van der Waals surface area contributed by atoms with E-state index in [9.17, 15) is 13.2 Å². The monoisotopic (exact) mass is 327 g/mol. The molecular weight excluding hydrogens is 306 g/mol. The Kier molecular flexibility index (Phi) is 7.84. The zero-order chi connectivity index (χ0) is 14.5. The number of guanidine groups is 1. The molecule has 1 saturated heterocycles. The van der Waals surface area contributed by atoms with Gasteiger partial charge in [0, 0.05) is 19.6 Å². The third-order valence-electron chi connectivity index (χ3n) is 2.78. The lowest BCUT2D eigenvalue weighted by Crippen LogP contribution is -2.45. The van der Waals surface area contributed by atoms with Crippen LogP contribution in [0.4, 0.5) is 0 Å². The molecule has 1 aliphatic heterocycles. The third kappa shape index (κ3) is 6.92. The van der Waals surface area contributed by atoms with Gasteiger partial charge in [-0.15, -0.1) is 12.4 Å². The van der Waals surface area contributed by atoms with Crippen molar-refractivity contribution in [2.75, 3.05) is 25.9 Å². The first-order valence-corrected chi connectivity index (χ1v) is 8.03. The van der Waals surface area contributed by atoms with Crippen molar-refractivity contribution in [1.29, 1.82) is 5.41 Å². The van der Waals surface area contributed by atoms with Gasteiger partial charge in [-0.05, 0) is 19.3 Å². The summed E-state index contributed by atoms with van der Waals surface area (Å²) in [4.78, 5) is 13.6. The minimum atomic E-state index is -3.45. The molecule has 0 saturated carbocycles. The maximum Gasteiger partial charge on any atom is 0.239 e. The maximum atomic E-state index is 11.9. The number of halogens is 1. The lowest BCUT2D eigenvalue weighted by molar-refractivity contribution is -0.131. The van der Waals surface area contributed by atoms with Crippen molar-refractivity contribution in [2.24, 2.45) is 5.73 Å². The molecule has 1 rings (SSSR count). The molecule has 0 aromatic rings. The summed E-state index contributed by atoms with van der Waals surface area (Å²) in [5.41, 5.74) is 5.77. The van der Waals surface area contributed by atoms with Crippen LogP contribution in [0.3, 0.4) is 0 Å². The number of hydrogen-bond donors (Lipinski definition) is 4. The van der Waals surface area contributed by atoms with Crippen LogP contribution in [0.5, 0.6) is 0 Å². The lowest BCUT2D eigenvalue weighted by atomic mass is 10.2. The Bertz CT molecular complexity index is 436. The van der Waals surface area contributed by atoms with Crippen LogP contribution in [-0.2, 0) is 14.8 Å². The van der Waals surface area contributed by atoms with Gasteiger partial charge in [0.05, 0.1) is 12.3 Å². The van der Waals surface area contributed by atoms with E-state index in [0.29, 0.717) is 6.42 Å². The van der Waals surface area contributed by atoms with Crippen molar-refractivity contribution in [3.8, 4) is 0 Å². The number of nitrogens with two attached hydrogens (primary N) is 1. The number of amides is 1. The van der Waals surface area contributed by atoms with Crippen molar-refractivity contribution in [3.63, 3.8) is 0 Å². The molecule has 20 heavy (non-hydrogen) atoms. The lowest BCUT2D eigenvalue weighted by Gasteiger charge is -2.20. The van der Waals surface area contributed by atoms with E-state index >= 15 is 0 Å². The highest BCUT2D eigenvalue weighted by Gasteiger charge is 2.23. The topological polar surface area (TPSA) is 128 Å². The number of hydrogen-bond acceptors (Lipinski definition) is 5. The number of carbonyl (C=O) groups excluding carboxylic acids is 1. The molecule has 1 fully saturated rings. The SMILES string of the molecule is CS(=O)(=O)NC(=N)NCC[C@H](N)C(=O)N1CCCC1.Cl. The van der Waals surface area contributed by atoms with Crippen LogP contribution >= 0.6 is 12.4 Å². The van der Waals surface area contributed by atoms with E-state index in [1.807, 2.05) is 4.72 Å². The molecule has 0 aliphatic carbocycles. The van der Waals surface area contributed by atoms with Gasteiger partial charge in [-0.1, -0.05) is 0 Å². The summed E-state index contributed by atoms with van der Waals surface area (Å²) in [6, 6.07) is -0.614. The summed E-state index contributed by atoms with van der Waals surface area (Å²) in [6.07, 6.45) is 3.34. The smallest absolute Gasteiger partial charge is 0.239 e. The Labute approximate surface area is 125 Å². The van der Waals surface area contributed by atoms with Crippen LogP contribution in [0.2, 0.25) is 0 Å². The predicted octanol–water partition coefficient (Wildman–Crippen LogP) is -1.18. The second-order valence-corrected chi connectivity index (χ2v) is 6.35. The largest absolute Gasteiger partial charge is 0.356 e. The van der Waals surface area contributed by atoms with E-state index < -0.39 is 16.1 Å². The van der Waals surface area contributed by atoms with Gasteiger partial charge in [0.25, 0.3) is 0 Å². The molecule has 0 aromatic carbocycles. The van der Waals surface area contributed by atoms with Crippen molar-refractivity contribution < 1.29 is 13.2 Å². The Morgan fingerprint density at radius 1 is 1.40 bits per heavy atom. The maximum absolute atomic E-state index is 11.9. The molecule has 1 aliphatic rings. The van der Waals surface area contributed by atoms with Gasteiger partial charge < -0.3 is 16.0 Å². The van der Waals surface area contributed by atoms with Gasteiger partial charge in [-0.2, -0.15) is 0 Å². The van der Waals surface area contributed by atoms with Crippen LogP contribution < -0.4 is 15.8 Å². The fraction of sp³-hybridized carbons (Fsp3) is 0.800. The van der Waals surface area contributed by atoms with E-state index in [1.54, 1.807) is 4.90 Å². The molecule has 1 heterocycles. The summed E-state index contributed by atoms with van der Waals surface area (Å²) < 4.78 is 23.7. The van der Waals surface area contributed by atoms with Gasteiger partial charge in [0.1, 0.15) is 0 Å². The minimum Gasteiger partial charge on any atom is -0.356 e. The van der Waals surface area contributed by atoms with E-state index in [-0.39, 0.29) is 30.8 Å². The first-order chi connectivity index (χ1) is 8.79. The molecule has 10 heteroatoms. The van der Waals surface area contributed by atoms with Gasteiger partial charge in [0.15, 0.2) is 0 Å². The number of sulfonamides is 1. The number of nitrogens with zero attached hydrogens (tertiary/aromatic N) is 1. The Morgan fingerprint density at radius 2 is 1.95 bits per heavy atom. The molecular formula is C10H22ClN5O3S. The van der Waals surface area contributed by atoms with Crippen LogP contribution in [0.25, 0.3) is 0 Å². The van der Waals surface area contributed by atoms with E-state index in [0.717, 1.165) is 32.2 Å². The summed E-state index contributed by atoms with van der Waals surface area (Å²) in [5, 5.41) is 9.88. The highest BCUT2D eigenvalue weighted by molar-refractivity contribution is 7.89. The highest BCUT2D eigenvalue weighted by Crippen LogP contribution is 2.09. The number of likely N-dealkylation sites (tertiary alicyclic amines) is 1. The average Bonchev–Trinajstić information content (AvgIpc) is 2.78. The minimum absolute atomic E-state index is 0. The molecule has 0 spiro atoms. The third-order valence-corrected chi connectivity index (χ3v) is 3.35. The standard InChI is InChI=1S/C10H21N5O3S.ClH/c1-19(17,18)14-10(12)13-5-4-8(11)9(16)15-6-2-3-7-15;/h8H,2-7,11H2,1H3,(H3,12,13,14);1H/t8-;/m0./s1. The van der Waals surface area contributed by atoms with Crippen molar-refractivity contribution in [1.82, 2.24) is 14.9 Å². The van der Waals surface area contributed by atoms with Crippen molar-refractivity contribution in [2.45, 2.75) is 25.3 Å². The summed E-state index contributed by atoms with van der Waals surface area (Å²) in [7, 11) is -3.45. The molecule has 8 nitrogen and oxygen atoms in total. The van der Waals surface area contributed by atoms with Crippen LogP contribution in [0, 0.1) is 5.41 Å². The number of nitrogens with one attached hydrogen (secondary N) is 3. The van der Waals surface area contributed by atoms with E-state index in [1.165, 1.54) is 0 Å². The molecule has 0 aromatic heterocycles. The summed E-state index contributed by atoms with van der Waals surface area (Å²) >= 11 is 0. The molecule has 0 radical (unpaired) electrons. The molecule has 5 N–H and O–H groups in total. The second kappa shape index (κ2) is 8.28. The highest BCUT2D eigenvalue weighted by atomic mass is 35.5. The van der Waals surface area contributed by atoms with Crippen molar-refractivity contribution in [3.05, 3.63) is 0 Å². The first-order valence-electron chi connectivity index (χ1n) is 6.14. The zero-order valence-corrected chi connectivity index (χ0v) is 13.0. The van der Waals surface area contributed by atoms with Gasteiger partial charge >= 0.3 is 0 Å². The Balaban J connectivity index is 0.00000361. The molecule has 1 atom stereocenters. The van der Waals surface area contributed by atoms with Crippen molar-refractivity contribution >= 4 is 34.3 Å². The number of carbonyl (C=O) groups is 1.